The molecule has 16 heavy (non-hydrogen) atoms. The number of nitrogens with zero attached hydrogens (tertiary/aromatic N) is 2. The fraction of sp³-hybridized carbons (Fsp3) is 0.917. The van der Waals surface area contributed by atoms with E-state index in [-0.39, 0.29) is 6.54 Å². The summed E-state index contributed by atoms with van der Waals surface area (Å²) in [7, 11) is 4.01. The van der Waals surface area contributed by atoms with E-state index in [1.165, 1.54) is 0 Å². The van der Waals surface area contributed by atoms with Gasteiger partial charge in [0.25, 0.3) is 0 Å². The van der Waals surface area contributed by atoms with E-state index >= 15 is 0 Å². The Morgan fingerprint density at radius 3 is 2.12 bits per heavy atom. The van der Waals surface area contributed by atoms with Crippen molar-refractivity contribution < 1.29 is 9.90 Å². The molecule has 0 aliphatic carbocycles. The van der Waals surface area contributed by atoms with Crippen molar-refractivity contribution in [1.29, 1.82) is 0 Å². The van der Waals surface area contributed by atoms with Gasteiger partial charge in [0.1, 0.15) is 0 Å². The minimum absolute atomic E-state index is 0.141. The van der Waals surface area contributed by atoms with Gasteiger partial charge in [0.05, 0.1) is 6.54 Å². The number of hydrogen-bond acceptors (Lipinski definition) is 3. The molecular weight excluding hydrogens is 204 g/mol. The fourth-order valence-electron chi connectivity index (χ4n) is 1.79. The Morgan fingerprint density at radius 1 is 1.19 bits per heavy atom. The van der Waals surface area contributed by atoms with Crippen LogP contribution in [0.15, 0.2) is 0 Å². The molecule has 0 radical (unpaired) electrons. The number of carboxylic acids is 1. The van der Waals surface area contributed by atoms with E-state index in [2.05, 4.69) is 25.7 Å². The van der Waals surface area contributed by atoms with Crippen LogP contribution in [0.25, 0.3) is 0 Å². The van der Waals surface area contributed by atoms with E-state index < -0.39 is 5.97 Å². The molecule has 4 nitrogen and oxygen atoms in total. The molecule has 96 valence electrons. The third-order valence-electron chi connectivity index (χ3n) is 2.61. The van der Waals surface area contributed by atoms with Crippen LogP contribution in [-0.2, 0) is 4.79 Å². The van der Waals surface area contributed by atoms with Gasteiger partial charge in [-0.05, 0) is 33.4 Å². The molecule has 0 aliphatic rings. The number of aliphatic carboxylic acids is 1. The van der Waals surface area contributed by atoms with E-state index in [1.54, 1.807) is 0 Å². The summed E-state index contributed by atoms with van der Waals surface area (Å²) < 4.78 is 0. The maximum Gasteiger partial charge on any atom is 0.317 e. The molecule has 0 bridgehead atoms. The molecule has 0 saturated carbocycles. The van der Waals surface area contributed by atoms with Gasteiger partial charge >= 0.3 is 5.97 Å². The first-order valence-corrected chi connectivity index (χ1v) is 5.93. The van der Waals surface area contributed by atoms with Crippen LogP contribution >= 0.6 is 0 Å². The Balaban J connectivity index is 4.22. The van der Waals surface area contributed by atoms with Gasteiger partial charge < -0.3 is 10.0 Å². The highest BCUT2D eigenvalue weighted by Gasteiger charge is 2.17. The van der Waals surface area contributed by atoms with Crippen molar-refractivity contribution in [2.24, 2.45) is 5.92 Å². The number of carboxylic acid groups (broad SMARTS) is 1. The molecule has 1 N–H and O–H groups in total. The van der Waals surface area contributed by atoms with E-state index in [1.807, 2.05) is 19.0 Å². The number of likely N-dealkylation sites (N-methyl/N-ethyl adjacent to an activating group) is 1. The third kappa shape index (κ3) is 7.65. The molecule has 0 rings (SSSR count). The molecule has 0 aromatic rings. The second-order valence-corrected chi connectivity index (χ2v) is 5.15. The van der Waals surface area contributed by atoms with Crippen molar-refractivity contribution in [3.05, 3.63) is 0 Å². The lowest BCUT2D eigenvalue weighted by molar-refractivity contribution is -0.139. The summed E-state index contributed by atoms with van der Waals surface area (Å²) in [6.07, 6.45) is 1.04. The molecule has 0 saturated heterocycles. The van der Waals surface area contributed by atoms with E-state index in [0.717, 1.165) is 19.5 Å². The zero-order chi connectivity index (χ0) is 12.7. The summed E-state index contributed by atoms with van der Waals surface area (Å²) in [5.74, 6) is -0.139. The lowest BCUT2D eigenvalue weighted by Crippen LogP contribution is -2.41. The molecule has 0 amide bonds. The average Bonchev–Trinajstić information content (AvgIpc) is 2.09. The van der Waals surface area contributed by atoms with E-state index in [9.17, 15) is 4.79 Å². The molecule has 1 unspecified atom stereocenters. The van der Waals surface area contributed by atoms with Crippen molar-refractivity contribution >= 4 is 5.97 Å². The van der Waals surface area contributed by atoms with Crippen LogP contribution in [0.4, 0.5) is 0 Å². The van der Waals surface area contributed by atoms with Crippen molar-refractivity contribution in [3.8, 4) is 0 Å². The first-order valence-electron chi connectivity index (χ1n) is 5.93. The number of hydrogen-bond donors (Lipinski definition) is 1. The summed E-state index contributed by atoms with van der Waals surface area (Å²) in [4.78, 5) is 14.9. The van der Waals surface area contributed by atoms with Gasteiger partial charge in [0.2, 0.25) is 0 Å². The average molecular weight is 230 g/mol. The summed E-state index contributed by atoms with van der Waals surface area (Å²) in [6.45, 7) is 8.30. The van der Waals surface area contributed by atoms with Gasteiger partial charge in [0.15, 0.2) is 0 Å². The summed E-state index contributed by atoms with van der Waals surface area (Å²) in [5, 5.41) is 8.88. The quantitative estimate of drug-likeness (QED) is 0.684. The Hall–Kier alpha value is -0.610. The van der Waals surface area contributed by atoms with Crippen LogP contribution < -0.4 is 0 Å². The zero-order valence-corrected chi connectivity index (χ0v) is 11.2. The molecule has 0 fully saturated rings. The topological polar surface area (TPSA) is 43.8 Å². The van der Waals surface area contributed by atoms with E-state index in [0.29, 0.717) is 12.0 Å². The van der Waals surface area contributed by atoms with Crippen LogP contribution in [-0.4, -0.2) is 60.6 Å². The molecule has 0 aromatic carbocycles. The maximum absolute atomic E-state index is 10.8. The lowest BCUT2D eigenvalue weighted by atomic mass is 10.0. The van der Waals surface area contributed by atoms with Crippen molar-refractivity contribution in [3.63, 3.8) is 0 Å². The minimum Gasteiger partial charge on any atom is -0.480 e. The highest BCUT2D eigenvalue weighted by molar-refractivity contribution is 5.69. The first kappa shape index (κ1) is 15.4. The van der Waals surface area contributed by atoms with E-state index in [4.69, 9.17) is 5.11 Å². The predicted molar refractivity (Wildman–Crippen MR) is 66.7 cm³/mol. The Morgan fingerprint density at radius 2 is 1.75 bits per heavy atom. The predicted octanol–water partition coefficient (Wildman–Crippen LogP) is 1.37. The van der Waals surface area contributed by atoms with Gasteiger partial charge in [-0.3, -0.25) is 9.69 Å². The highest BCUT2D eigenvalue weighted by atomic mass is 16.4. The van der Waals surface area contributed by atoms with Gasteiger partial charge in [-0.1, -0.05) is 13.8 Å². The van der Waals surface area contributed by atoms with Crippen LogP contribution in [0.3, 0.4) is 0 Å². The highest BCUT2D eigenvalue weighted by Crippen LogP contribution is 2.10. The molecular formula is C12H26N2O2. The van der Waals surface area contributed by atoms with Crippen LogP contribution in [0.2, 0.25) is 0 Å². The molecule has 0 spiro atoms. The molecule has 0 aliphatic heterocycles. The van der Waals surface area contributed by atoms with Gasteiger partial charge in [-0.15, -0.1) is 0 Å². The van der Waals surface area contributed by atoms with Crippen LogP contribution in [0.5, 0.6) is 0 Å². The second kappa shape index (κ2) is 7.63. The molecule has 0 aromatic heterocycles. The standard InChI is InChI=1S/C12H26N2O2/c1-10(2)8-11(3)14(9-12(15)16)7-6-13(4)5/h10-11H,6-9H2,1-5H3,(H,15,16). The first-order chi connectivity index (χ1) is 7.32. The van der Waals surface area contributed by atoms with Gasteiger partial charge in [0, 0.05) is 19.1 Å². The van der Waals surface area contributed by atoms with Gasteiger partial charge in [-0.25, -0.2) is 0 Å². The van der Waals surface area contributed by atoms with Crippen molar-refractivity contribution in [2.45, 2.75) is 33.2 Å². The largest absolute Gasteiger partial charge is 0.480 e. The molecule has 4 heteroatoms. The Kier molecular flexibility index (Phi) is 7.34. The maximum atomic E-state index is 10.8. The van der Waals surface area contributed by atoms with Gasteiger partial charge in [-0.2, -0.15) is 0 Å². The van der Waals surface area contributed by atoms with Crippen LogP contribution in [0, 0.1) is 5.92 Å². The molecule has 1 atom stereocenters. The monoisotopic (exact) mass is 230 g/mol. The number of rotatable bonds is 8. The smallest absolute Gasteiger partial charge is 0.317 e. The third-order valence-corrected chi connectivity index (χ3v) is 2.61. The van der Waals surface area contributed by atoms with Crippen molar-refractivity contribution in [2.75, 3.05) is 33.7 Å². The molecule has 0 heterocycles. The summed E-state index contributed by atoms with van der Waals surface area (Å²) in [6, 6.07) is 0.330. The number of carbonyl (C=O) groups is 1. The minimum atomic E-state index is -0.741. The summed E-state index contributed by atoms with van der Waals surface area (Å²) in [5.41, 5.74) is 0. The lowest BCUT2D eigenvalue weighted by Gasteiger charge is -2.29. The normalized spacial score (nSPS) is 13.8. The zero-order valence-electron chi connectivity index (χ0n) is 11.2. The van der Waals surface area contributed by atoms with Crippen LogP contribution in [0.1, 0.15) is 27.2 Å². The second-order valence-electron chi connectivity index (χ2n) is 5.15. The summed E-state index contributed by atoms with van der Waals surface area (Å²) >= 11 is 0. The SMILES string of the molecule is CC(C)CC(C)N(CCN(C)C)CC(=O)O. The fourth-order valence-corrected chi connectivity index (χ4v) is 1.79. The Bertz CT molecular complexity index is 205. The van der Waals surface area contributed by atoms with Crippen molar-refractivity contribution in [1.82, 2.24) is 9.80 Å². The Labute approximate surface area is 99.2 Å².